The molecule has 1 aliphatic heterocycles. The van der Waals surface area contributed by atoms with Gasteiger partial charge < -0.3 is 15.4 Å². The van der Waals surface area contributed by atoms with Crippen molar-refractivity contribution >= 4 is 17.6 Å². The number of carbonyl (C=O) groups excluding carboxylic acids is 3. The van der Waals surface area contributed by atoms with Gasteiger partial charge in [-0.25, -0.2) is 4.98 Å². The number of benzene rings is 2. The zero-order valence-electron chi connectivity index (χ0n) is 18.3. The van der Waals surface area contributed by atoms with E-state index in [4.69, 9.17) is 10.5 Å². The molecule has 7 nitrogen and oxygen atoms in total. The second-order valence-electron chi connectivity index (χ2n) is 7.94. The summed E-state index contributed by atoms with van der Waals surface area (Å²) in [5.41, 5.74) is 4.95. The van der Waals surface area contributed by atoms with E-state index in [1.54, 1.807) is 24.3 Å². The molecule has 1 aromatic heterocycles. The average Bonchev–Trinajstić information content (AvgIpc) is 3.38. The maximum atomic E-state index is 13.3. The number of carbonyl (C=O) groups is 3. The fourth-order valence-electron chi connectivity index (χ4n) is 3.71. The van der Waals surface area contributed by atoms with Gasteiger partial charge in [0.25, 0.3) is 17.6 Å². The Bertz CT molecular complexity index is 1280. The lowest BCUT2D eigenvalue weighted by atomic mass is 10.0. The third-order valence-electron chi connectivity index (χ3n) is 5.52. The average molecular weight is 483 g/mol. The van der Waals surface area contributed by atoms with Crippen molar-refractivity contribution in [3.05, 3.63) is 77.5 Å². The summed E-state index contributed by atoms with van der Waals surface area (Å²) in [6.45, 7) is 0.762. The standard InChI is InChI=1S/C25H20F3N3O4/c26-25(27,28)16-8-11-21(18(14-16)22(32)24(34)31-12-1-2-13-31)35-17-9-6-15(7-10-17)19-4-3-5-20(30-19)23(29)33/h3-11,14H,1-2,12-13H2,(H2,29,33). The lowest BCUT2D eigenvalue weighted by molar-refractivity contribution is -0.137. The van der Waals surface area contributed by atoms with Crippen molar-refractivity contribution < 1.29 is 32.3 Å². The Labute approximate surface area is 198 Å². The molecule has 2 aromatic carbocycles. The van der Waals surface area contributed by atoms with E-state index in [0.29, 0.717) is 30.4 Å². The Morgan fingerprint density at radius 2 is 1.63 bits per heavy atom. The Morgan fingerprint density at radius 3 is 2.26 bits per heavy atom. The van der Waals surface area contributed by atoms with Gasteiger partial charge in [0, 0.05) is 18.7 Å². The molecule has 1 aliphatic rings. The van der Waals surface area contributed by atoms with Crippen LogP contribution in [0.2, 0.25) is 0 Å². The monoisotopic (exact) mass is 483 g/mol. The first-order valence-electron chi connectivity index (χ1n) is 10.7. The summed E-state index contributed by atoms with van der Waals surface area (Å²) < 4.78 is 45.6. The highest BCUT2D eigenvalue weighted by atomic mass is 19.4. The summed E-state index contributed by atoms with van der Waals surface area (Å²) >= 11 is 0. The van der Waals surface area contributed by atoms with Crippen LogP contribution in [-0.2, 0) is 11.0 Å². The molecule has 2 amide bonds. The van der Waals surface area contributed by atoms with Gasteiger partial charge in [-0.05, 0) is 67.4 Å². The molecule has 0 unspecified atom stereocenters. The third kappa shape index (κ3) is 5.32. The van der Waals surface area contributed by atoms with Crippen LogP contribution in [0.4, 0.5) is 13.2 Å². The molecule has 0 atom stereocenters. The van der Waals surface area contributed by atoms with Crippen LogP contribution in [0, 0.1) is 0 Å². The van der Waals surface area contributed by atoms with Gasteiger partial charge in [0.05, 0.1) is 16.8 Å². The molecule has 0 aliphatic carbocycles. The summed E-state index contributed by atoms with van der Waals surface area (Å²) in [6, 6.07) is 13.6. The molecule has 0 saturated carbocycles. The normalized spacial score (nSPS) is 13.5. The van der Waals surface area contributed by atoms with Crippen LogP contribution in [0.25, 0.3) is 11.3 Å². The number of alkyl halides is 3. The highest BCUT2D eigenvalue weighted by Gasteiger charge is 2.34. The summed E-state index contributed by atoms with van der Waals surface area (Å²) in [4.78, 5) is 42.3. The van der Waals surface area contributed by atoms with Crippen molar-refractivity contribution in [3.63, 3.8) is 0 Å². The van der Waals surface area contributed by atoms with Gasteiger partial charge >= 0.3 is 6.18 Å². The number of halogens is 3. The smallest absolute Gasteiger partial charge is 0.416 e. The molecule has 3 aromatic rings. The Balaban J connectivity index is 1.63. The van der Waals surface area contributed by atoms with Crippen LogP contribution in [0.1, 0.15) is 39.3 Å². The van der Waals surface area contributed by atoms with E-state index in [0.717, 1.165) is 25.0 Å². The molecule has 2 heterocycles. The minimum atomic E-state index is -4.70. The fourth-order valence-corrected chi connectivity index (χ4v) is 3.71. The number of nitrogens with two attached hydrogens (primary N) is 1. The van der Waals surface area contributed by atoms with Crippen LogP contribution in [0.3, 0.4) is 0 Å². The number of likely N-dealkylation sites (tertiary alicyclic amines) is 1. The molecule has 1 saturated heterocycles. The quantitative estimate of drug-likeness (QED) is 0.412. The van der Waals surface area contributed by atoms with Crippen LogP contribution in [0.15, 0.2) is 60.7 Å². The number of ether oxygens (including phenoxy) is 1. The van der Waals surface area contributed by atoms with Gasteiger partial charge in [-0.15, -0.1) is 0 Å². The number of hydrogen-bond acceptors (Lipinski definition) is 5. The van der Waals surface area contributed by atoms with Crippen molar-refractivity contribution in [1.29, 1.82) is 0 Å². The number of nitrogens with zero attached hydrogens (tertiary/aromatic N) is 2. The number of amides is 2. The molecule has 0 bridgehead atoms. The van der Waals surface area contributed by atoms with E-state index in [9.17, 15) is 27.6 Å². The largest absolute Gasteiger partial charge is 0.457 e. The third-order valence-corrected chi connectivity index (χ3v) is 5.52. The van der Waals surface area contributed by atoms with Crippen molar-refractivity contribution in [3.8, 4) is 22.8 Å². The number of aromatic nitrogens is 1. The molecule has 4 rings (SSSR count). The number of hydrogen-bond donors (Lipinski definition) is 1. The topological polar surface area (TPSA) is 103 Å². The molecule has 1 fully saturated rings. The van der Waals surface area contributed by atoms with E-state index < -0.39 is 34.9 Å². The van der Waals surface area contributed by atoms with E-state index in [1.807, 2.05) is 0 Å². The predicted molar refractivity (Wildman–Crippen MR) is 120 cm³/mol. The lowest BCUT2D eigenvalue weighted by Crippen LogP contribution is -2.34. The number of rotatable bonds is 6. The van der Waals surface area contributed by atoms with Crippen LogP contribution < -0.4 is 10.5 Å². The van der Waals surface area contributed by atoms with Crippen LogP contribution in [0.5, 0.6) is 11.5 Å². The van der Waals surface area contributed by atoms with E-state index in [-0.39, 0.29) is 17.2 Å². The number of pyridine rings is 1. The Hall–Kier alpha value is -4.21. The van der Waals surface area contributed by atoms with E-state index in [2.05, 4.69) is 4.98 Å². The van der Waals surface area contributed by atoms with Gasteiger partial charge in [0.1, 0.15) is 17.2 Å². The zero-order valence-corrected chi connectivity index (χ0v) is 18.3. The molecule has 35 heavy (non-hydrogen) atoms. The SMILES string of the molecule is NC(=O)c1cccc(-c2ccc(Oc3ccc(C(F)(F)F)cc3C(=O)C(=O)N3CCCC3)cc2)n1. The summed E-state index contributed by atoms with van der Waals surface area (Å²) in [7, 11) is 0. The zero-order chi connectivity index (χ0) is 25.2. The lowest BCUT2D eigenvalue weighted by Gasteiger charge is -2.17. The molecule has 2 N–H and O–H groups in total. The summed E-state index contributed by atoms with van der Waals surface area (Å²) in [5, 5.41) is 0. The molecular formula is C25H20F3N3O4. The maximum Gasteiger partial charge on any atom is 0.416 e. The van der Waals surface area contributed by atoms with Gasteiger partial charge in [0.15, 0.2) is 0 Å². The van der Waals surface area contributed by atoms with Crippen molar-refractivity contribution in [1.82, 2.24) is 9.88 Å². The molecule has 180 valence electrons. The van der Waals surface area contributed by atoms with Crippen molar-refractivity contribution in [2.75, 3.05) is 13.1 Å². The number of ketones is 1. The number of Topliss-reactive ketones (excluding diaryl/α,β-unsaturated/α-hetero) is 1. The minimum absolute atomic E-state index is 0.0957. The van der Waals surface area contributed by atoms with Crippen molar-refractivity contribution in [2.24, 2.45) is 5.73 Å². The first-order valence-corrected chi connectivity index (χ1v) is 10.7. The molecule has 10 heteroatoms. The molecule has 0 spiro atoms. The summed E-state index contributed by atoms with van der Waals surface area (Å²) in [6.07, 6.45) is -3.23. The molecule has 0 radical (unpaired) electrons. The van der Waals surface area contributed by atoms with Gasteiger partial charge in [0.2, 0.25) is 0 Å². The predicted octanol–water partition coefficient (Wildman–Crippen LogP) is 4.46. The minimum Gasteiger partial charge on any atom is -0.457 e. The van der Waals surface area contributed by atoms with E-state index in [1.165, 1.54) is 23.1 Å². The summed E-state index contributed by atoms with van der Waals surface area (Å²) in [5.74, 6) is -2.53. The second-order valence-corrected chi connectivity index (χ2v) is 7.94. The molecular weight excluding hydrogens is 463 g/mol. The maximum absolute atomic E-state index is 13.3. The Kier molecular flexibility index (Phi) is 6.54. The van der Waals surface area contributed by atoms with Crippen LogP contribution >= 0.6 is 0 Å². The van der Waals surface area contributed by atoms with Crippen LogP contribution in [-0.4, -0.2) is 40.6 Å². The van der Waals surface area contributed by atoms with Gasteiger partial charge in [-0.1, -0.05) is 6.07 Å². The second kappa shape index (κ2) is 9.57. The van der Waals surface area contributed by atoms with Gasteiger partial charge in [-0.2, -0.15) is 13.2 Å². The Morgan fingerprint density at radius 1 is 0.943 bits per heavy atom. The van der Waals surface area contributed by atoms with E-state index >= 15 is 0 Å². The number of primary amides is 1. The highest BCUT2D eigenvalue weighted by molar-refractivity contribution is 6.43. The van der Waals surface area contributed by atoms with Crippen molar-refractivity contribution in [2.45, 2.75) is 19.0 Å². The fraction of sp³-hybridized carbons (Fsp3) is 0.200. The van der Waals surface area contributed by atoms with Gasteiger partial charge in [-0.3, -0.25) is 14.4 Å². The highest BCUT2D eigenvalue weighted by Crippen LogP contribution is 2.35. The first kappa shape index (κ1) is 23.9. The first-order chi connectivity index (χ1) is 16.6.